The number of hydrogen-bond donors (Lipinski definition) is 3. The highest BCUT2D eigenvalue weighted by molar-refractivity contribution is 5.85. The molecule has 3 aromatic rings. The number of aliphatic hydroxyl groups excluding tert-OH is 1. The second-order valence-corrected chi connectivity index (χ2v) is 10.2. The van der Waals surface area contributed by atoms with Gasteiger partial charge in [0.1, 0.15) is 11.6 Å². The van der Waals surface area contributed by atoms with Crippen LogP contribution in [-0.4, -0.2) is 52.8 Å². The van der Waals surface area contributed by atoms with Gasteiger partial charge in [0.25, 0.3) is 0 Å². The highest BCUT2D eigenvalue weighted by Crippen LogP contribution is 2.40. The summed E-state index contributed by atoms with van der Waals surface area (Å²) < 4.78 is 46.2. The molecule has 0 aliphatic carbocycles. The number of piperidine rings is 1. The van der Waals surface area contributed by atoms with Crippen molar-refractivity contribution in [2.24, 2.45) is 11.1 Å². The fraction of sp³-hybridized carbons (Fsp3) is 0.448. The maximum Gasteiger partial charge on any atom is 0.309 e. The number of carbonyl (C=O) groups is 1. The number of nitrogens with zero attached hydrogens (tertiary/aromatic N) is 2. The molecule has 1 atom stereocenters. The van der Waals surface area contributed by atoms with Crippen molar-refractivity contribution in [1.29, 1.82) is 0 Å². The maximum atomic E-state index is 13.9. The lowest BCUT2D eigenvalue weighted by molar-refractivity contribution is -0.153. The van der Waals surface area contributed by atoms with Crippen LogP contribution in [0.4, 0.5) is 13.2 Å². The molecule has 7 nitrogen and oxygen atoms in total. The van der Waals surface area contributed by atoms with Crippen molar-refractivity contribution in [1.82, 2.24) is 9.88 Å². The van der Waals surface area contributed by atoms with E-state index in [0.717, 1.165) is 11.5 Å². The molecule has 1 saturated heterocycles. The van der Waals surface area contributed by atoms with Crippen molar-refractivity contribution in [3.8, 4) is 5.75 Å². The Bertz CT molecular complexity index is 1320. The summed E-state index contributed by atoms with van der Waals surface area (Å²) in [6, 6.07) is 6.92. The van der Waals surface area contributed by atoms with E-state index in [-0.39, 0.29) is 31.4 Å². The van der Waals surface area contributed by atoms with Crippen molar-refractivity contribution in [2.75, 3.05) is 26.7 Å². The maximum absolute atomic E-state index is 13.9. The van der Waals surface area contributed by atoms with Crippen molar-refractivity contribution in [3.05, 3.63) is 70.7 Å². The first-order chi connectivity index (χ1) is 18.7. The first kappa shape index (κ1) is 28.8. The average molecular weight is 546 g/mol. The molecule has 1 aromatic heterocycles. The van der Waals surface area contributed by atoms with Gasteiger partial charge < -0.3 is 25.6 Å². The number of methoxy groups -OCH3 is 1. The number of likely N-dealkylation sites (tertiary alicyclic amines) is 1. The summed E-state index contributed by atoms with van der Waals surface area (Å²) in [4.78, 5) is 18.9. The van der Waals surface area contributed by atoms with Crippen LogP contribution in [0, 0.1) is 22.9 Å². The Morgan fingerprint density at radius 2 is 1.92 bits per heavy atom. The number of benzene rings is 2. The third kappa shape index (κ3) is 6.34. The average Bonchev–Trinajstić information content (AvgIpc) is 2.93. The van der Waals surface area contributed by atoms with E-state index in [1.165, 1.54) is 0 Å². The summed E-state index contributed by atoms with van der Waals surface area (Å²) in [5.41, 5.74) is 6.96. The smallest absolute Gasteiger partial charge is 0.309 e. The monoisotopic (exact) mass is 545 g/mol. The molecule has 39 heavy (non-hydrogen) atoms. The van der Waals surface area contributed by atoms with Gasteiger partial charge in [-0.3, -0.25) is 9.78 Å². The molecule has 210 valence electrons. The van der Waals surface area contributed by atoms with E-state index in [1.54, 1.807) is 31.5 Å². The molecule has 4 rings (SSSR count). The molecular weight excluding hydrogens is 511 g/mol. The quantitative estimate of drug-likeness (QED) is 0.299. The number of fused-ring (bicyclic) bond motifs is 1. The Balaban J connectivity index is 1.39. The van der Waals surface area contributed by atoms with Gasteiger partial charge in [0, 0.05) is 24.2 Å². The summed E-state index contributed by atoms with van der Waals surface area (Å²) in [6.45, 7) is 1.77. The van der Waals surface area contributed by atoms with Crippen LogP contribution in [0.3, 0.4) is 0 Å². The van der Waals surface area contributed by atoms with Crippen LogP contribution in [-0.2, 0) is 17.8 Å². The molecule has 2 aromatic carbocycles. The van der Waals surface area contributed by atoms with Crippen LogP contribution in [0.2, 0.25) is 0 Å². The van der Waals surface area contributed by atoms with E-state index >= 15 is 0 Å². The van der Waals surface area contributed by atoms with Crippen LogP contribution < -0.4 is 10.5 Å². The summed E-state index contributed by atoms with van der Waals surface area (Å²) in [5.74, 6) is -3.32. The third-order valence-corrected chi connectivity index (χ3v) is 7.90. The molecule has 0 saturated carbocycles. The Hall–Kier alpha value is -3.21. The second-order valence-electron chi connectivity index (χ2n) is 10.2. The van der Waals surface area contributed by atoms with E-state index in [0.29, 0.717) is 67.4 Å². The van der Waals surface area contributed by atoms with Gasteiger partial charge in [-0.1, -0.05) is 0 Å². The van der Waals surface area contributed by atoms with Gasteiger partial charge >= 0.3 is 5.97 Å². The predicted molar refractivity (Wildman–Crippen MR) is 141 cm³/mol. The van der Waals surface area contributed by atoms with Crippen molar-refractivity contribution >= 4 is 16.9 Å². The minimum atomic E-state index is -1.20. The van der Waals surface area contributed by atoms with Gasteiger partial charge in [-0.15, -0.1) is 0 Å². The number of hydrogen-bond acceptors (Lipinski definition) is 6. The van der Waals surface area contributed by atoms with Crippen LogP contribution in [0.25, 0.3) is 10.9 Å². The highest BCUT2D eigenvalue weighted by Gasteiger charge is 2.41. The van der Waals surface area contributed by atoms with Crippen molar-refractivity contribution in [2.45, 2.75) is 51.2 Å². The molecule has 0 spiro atoms. The zero-order chi connectivity index (χ0) is 28.2. The van der Waals surface area contributed by atoms with E-state index in [1.807, 2.05) is 0 Å². The molecule has 0 amide bonds. The summed E-state index contributed by atoms with van der Waals surface area (Å²) in [5, 5.41) is 22.1. The molecule has 0 bridgehead atoms. The van der Waals surface area contributed by atoms with Crippen molar-refractivity contribution < 1.29 is 32.9 Å². The second kappa shape index (κ2) is 12.3. The van der Waals surface area contributed by atoms with Gasteiger partial charge in [0.2, 0.25) is 0 Å². The summed E-state index contributed by atoms with van der Waals surface area (Å²) >= 11 is 0. The Kier molecular flexibility index (Phi) is 9.09. The Morgan fingerprint density at radius 3 is 2.59 bits per heavy atom. The number of pyridine rings is 1. The number of nitrogens with two attached hydrogens (primary N) is 1. The number of carboxylic acids is 1. The van der Waals surface area contributed by atoms with Gasteiger partial charge in [-0.05, 0) is 99.1 Å². The molecule has 1 fully saturated rings. The van der Waals surface area contributed by atoms with E-state index in [4.69, 9.17) is 10.5 Å². The first-order valence-corrected chi connectivity index (χ1v) is 13.1. The fourth-order valence-electron chi connectivity index (χ4n) is 5.53. The molecule has 1 aliphatic heterocycles. The lowest BCUT2D eigenvalue weighted by Gasteiger charge is -2.39. The summed E-state index contributed by atoms with van der Waals surface area (Å²) in [7, 11) is 1.56. The van der Waals surface area contributed by atoms with Crippen molar-refractivity contribution in [3.63, 3.8) is 0 Å². The lowest BCUT2D eigenvalue weighted by Crippen LogP contribution is -2.44. The minimum absolute atomic E-state index is 0.00326. The zero-order valence-electron chi connectivity index (χ0n) is 21.9. The van der Waals surface area contributed by atoms with Crippen LogP contribution >= 0.6 is 0 Å². The number of aryl methyl sites for hydroxylation is 1. The standard InChI is InChI=1S/C29H34F3N3O4/c1-39-21-4-5-24-22(15-21)26(19(16-33)17-34-24)25(36)6-7-29(28(37)38)8-11-35(12-9-29)10-2-3-18-13-20(30)14-23(31)27(18)32/h4-5,13-15,17,25,36H,2-3,6-12,16,33H2,1H3,(H,37,38). The number of aromatic nitrogens is 1. The van der Waals surface area contributed by atoms with Crippen LogP contribution in [0.15, 0.2) is 36.5 Å². The fourth-order valence-corrected chi connectivity index (χ4v) is 5.53. The molecular formula is C29H34F3N3O4. The van der Waals surface area contributed by atoms with Crippen LogP contribution in [0.5, 0.6) is 5.75 Å². The lowest BCUT2D eigenvalue weighted by atomic mass is 9.73. The van der Waals surface area contributed by atoms with E-state index in [2.05, 4.69) is 9.88 Å². The normalized spacial score (nSPS) is 16.4. The molecule has 0 radical (unpaired) electrons. The molecule has 2 heterocycles. The van der Waals surface area contributed by atoms with E-state index in [9.17, 15) is 28.2 Å². The van der Waals surface area contributed by atoms with Crippen LogP contribution in [0.1, 0.15) is 54.9 Å². The number of ether oxygens (including phenoxy) is 1. The SMILES string of the molecule is COc1ccc2ncc(CN)c(C(O)CCC3(C(=O)O)CCN(CCCc4cc(F)cc(F)c4F)CC3)c2c1. The molecule has 4 N–H and O–H groups in total. The van der Waals surface area contributed by atoms with Gasteiger partial charge in [0.05, 0.1) is 24.1 Å². The number of aliphatic hydroxyl groups is 1. The van der Waals surface area contributed by atoms with Gasteiger partial charge in [-0.2, -0.15) is 0 Å². The summed E-state index contributed by atoms with van der Waals surface area (Å²) in [6.07, 6.45) is 2.68. The molecule has 1 unspecified atom stereocenters. The number of carboxylic acid groups (broad SMARTS) is 1. The molecule has 1 aliphatic rings. The number of aliphatic carboxylic acids is 1. The zero-order valence-corrected chi connectivity index (χ0v) is 21.9. The number of rotatable bonds is 11. The number of halogens is 3. The first-order valence-electron chi connectivity index (χ1n) is 13.1. The van der Waals surface area contributed by atoms with Gasteiger partial charge in [0.15, 0.2) is 11.6 Å². The largest absolute Gasteiger partial charge is 0.497 e. The Labute approximate surface area is 225 Å². The van der Waals surface area contributed by atoms with E-state index < -0.39 is 34.9 Å². The predicted octanol–water partition coefficient (Wildman–Crippen LogP) is 4.73. The Morgan fingerprint density at radius 1 is 1.18 bits per heavy atom. The van der Waals surface area contributed by atoms with Gasteiger partial charge in [-0.25, -0.2) is 13.2 Å². The topological polar surface area (TPSA) is 109 Å². The minimum Gasteiger partial charge on any atom is -0.497 e. The highest BCUT2D eigenvalue weighted by atomic mass is 19.2. The molecule has 10 heteroatoms. The third-order valence-electron chi connectivity index (χ3n) is 7.90.